The van der Waals surface area contributed by atoms with Crippen LogP contribution in [-0.4, -0.2) is 9.97 Å². The monoisotopic (exact) mass is 362 g/mol. The Morgan fingerprint density at radius 1 is 0.720 bits per heavy atom. The number of fused-ring (bicyclic) bond motifs is 4. The van der Waals surface area contributed by atoms with Crippen LogP contribution in [-0.2, 0) is 0 Å². The van der Waals surface area contributed by atoms with E-state index in [9.17, 15) is 0 Å². The van der Waals surface area contributed by atoms with E-state index < -0.39 is 0 Å². The topological polar surface area (TPSA) is 28.7 Å². The molecule has 0 saturated carbocycles. The van der Waals surface area contributed by atoms with Gasteiger partial charge >= 0.3 is 0 Å². The number of hydrogen-bond acceptors (Lipinski definition) is 1. The van der Waals surface area contributed by atoms with Crippen molar-refractivity contribution < 1.29 is 0 Å². The van der Waals surface area contributed by atoms with Gasteiger partial charge in [-0.1, -0.05) is 59.6 Å². The summed E-state index contributed by atoms with van der Waals surface area (Å²) in [6, 6.07) is 22.1. The Kier molecular flexibility index (Phi) is 3.24. The molecule has 5 aromatic rings. The maximum Gasteiger partial charge on any atom is 0.139 e. The first-order valence-corrected chi connectivity index (χ1v) is 8.71. The van der Waals surface area contributed by atoms with Crippen molar-refractivity contribution in [2.75, 3.05) is 0 Å². The Balaban J connectivity index is 1.80. The Labute approximate surface area is 154 Å². The first-order chi connectivity index (χ1) is 12.2. The summed E-state index contributed by atoms with van der Waals surface area (Å²) >= 11 is 12.2. The van der Waals surface area contributed by atoms with E-state index in [2.05, 4.69) is 23.2 Å². The second-order valence-corrected chi connectivity index (χ2v) is 6.96. The molecule has 4 aromatic carbocycles. The van der Waals surface area contributed by atoms with Gasteiger partial charge in [-0.25, -0.2) is 4.98 Å². The van der Waals surface area contributed by atoms with Gasteiger partial charge in [0.15, 0.2) is 0 Å². The lowest BCUT2D eigenvalue weighted by Crippen LogP contribution is -1.83. The quantitative estimate of drug-likeness (QED) is 0.347. The van der Waals surface area contributed by atoms with E-state index in [1.807, 2.05) is 48.5 Å². The van der Waals surface area contributed by atoms with E-state index in [1.165, 1.54) is 0 Å². The van der Waals surface area contributed by atoms with Crippen LogP contribution in [0.5, 0.6) is 0 Å². The Morgan fingerprint density at radius 3 is 2.24 bits per heavy atom. The summed E-state index contributed by atoms with van der Waals surface area (Å²) in [6.45, 7) is 0. The molecule has 0 unspecified atom stereocenters. The molecule has 5 rings (SSSR count). The van der Waals surface area contributed by atoms with Crippen LogP contribution < -0.4 is 0 Å². The number of nitrogens with one attached hydrogen (secondary N) is 1. The maximum atomic E-state index is 6.13. The molecule has 1 heterocycles. The van der Waals surface area contributed by atoms with E-state index in [-0.39, 0.29) is 0 Å². The number of rotatable bonds is 1. The van der Waals surface area contributed by atoms with Gasteiger partial charge in [-0.05, 0) is 46.5 Å². The highest BCUT2D eigenvalue weighted by atomic mass is 35.5. The Morgan fingerprint density at radius 2 is 1.44 bits per heavy atom. The lowest BCUT2D eigenvalue weighted by atomic mass is 10.0. The third-order valence-electron chi connectivity index (χ3n) is 4.53. The Bertz CT molecular complexity index is 1270. The molecule has 25 heavy (non-hydrogen) atoms. The number of benzene rings is 4. The number of aromatic nitrogens is 2. The van der Waals surface area contributed by atoms with Crippen LogP contribution in [0.1, 0.15) is 0 Å². The van der Waals surface area contributed by atoms with Crippen molar-refractivity contribution >= 4 is 55.8 Å². The van der Waals surface area contributed by atoms with Crippen LogP contribution >= 0.6 is 23.2 Å². The number of nitrogens with zero attached hydrogens (tertiary/aromatic N) is 1. The Hall–Kier alpha value is -2.55. The molecule has 2 nitrogen and oxygen atoms in total. The zero-order chi connectivity index (χ0) is 17.0. The molecule has 0 spiro atoms. The third-order valence-corrected chi connectivity index (χ3v) is 5.00. The molecule has 0 aliphatic carbocycles. The minimum absolute atomic E-state index is 0.730. The van der Waals surface area contributed by atoms with Gasteiger partial charge in [-0.2, -0.15) is 0 Å². The molecular formula is C21H12Cl2N2. The molecule has 0 fully saturated rings. The van der Waals surface area contributed by atoms with Gasteiger partial charge in [0.1, 0.15) is 5.82 Å². The van der Waals surface area contributed by atoms with Crippen molar-refractivity contribution in [1.29, 1.82) is 0 Å². The zero-order valence-corrected chi connectivity index (χ0v) is 14.6. The first kappa shape index (κ1) is 14.8. The zero-order valence-electron chi connectivity index (χ0n) is 13.1. The number of halogens is 2. The van der Waals surface area contributed by atoms with E-state index in [0.29, 0.717) is 0 Å². The highest BCUT2D eigenvalue weighted by Crippen LogP contribution is 2.32. The predicted molar refractivity (Wildman–Crippen MR) is 107 cm³/mol. The molecule has 1 aromatic heterocycles. The van der Waals surface area contributed by atoms with Crippen LogP contribution in [0.25, 0.3) is 44.0 Å². The van der Waals surface area contributed by atoms with E-state index in [4.69, 9.17) is 28.2 Å². The lowest BCUT2D eigenvalue weighted by molar-refractivity contribution is 1.35. The van der Waals surface area contributed by atoms with Crippen molar-refractivity contribution in [2.45, 2.75) is 0 Å². The SMILES string of the molecule is Clc1ccc2c(-c3nc4c(ccc5cc(Cl)ccc54)[nH]3)cccc2c1. The lowest BCUT2D eigenvalue weighted by Gasteiger charge is -2.04. The van der Waals surface area contributed by atoms with Crippen molar-refractivity contribution in [2.24, 2.45) is 0 Å². The highest BCUT2D eigenvalue weighted by Gasteiger charge is 2.11. The van der Waals surface area contributed by atoms with Crippen molar-refractivity contribution in [3.8, 4) is 11.4 Å². The second kappa shape index (κ2) is 5.48. The molecule has 0 saturated heterocycles. The molecular weight excluding hydrogens is 351 g/mol. The summed E-state index contributed by atoms with van der Waals surface area (Å²) in [5.74, 6) is 0.852. The molecule has 0 aliphatic heterocycles. The summed E-state index contributed by atoms with van der Waals surface area (Å²) in [5, 5.41) is 5.86. The van der Waals surface area contributed by atoms with Crippen molar-refractivity contribution in [3.63, 3.8) is 0 Å². The summed E-state index contributed by atoms with van der Waals surface area (Å²) in [5.41, 5.74) is 3.03. The highest BCUT2D eigenvalue weighted by molar-refractivity contribution is 6.32. The van der Waals surface area contributed by atoms with E-state index >= 15 is 0 Å². The van der Waals surface area contributed by atoms with Gasteiger partial charge in [0.05, 0.1) is 11.0 Å². The minimum Gasteiger partial charge on any atom is -0.338 e. The summed E-state index contributed by atoms with van der Waals surface area (Å²) in [7, 11) is 0. The largest absolute Gasteiger partial charge is 0.338 e. The second-order valence-electron chi connectivity index (χ2n) is 6.08. The summed E-state index contributed by atoms with van der Waals surface area (Å²) < 4.78 is 0. The standard InChI is InChI=1S/C21H12Cl2N2/c22-14-5-7-16-12(10-14)2-1-3-18(16)21-24-19-9-4-13-11-15(23)6-8-17(13)20(19)25-21/h1-11H,(H,24,25). The minimum atomic E-state index is 0.730. The molecule has 0 radical (unpaired) electrons. The van der Waals surface area contributed by atoms with Gasteiger partial charge in [-0.15, -0.1) is 0 Å². The average molecular weight is 363 g/mol. The summed E-state index contributed by atoms with van der Waals surface area (Å²) in [4.78, 5) is 8.33. The van der Waals surface area contributed by atoms with Gasteiger partial charge in [0.2, 0.25) is 0 Å². The van der Waals surface area contributed by atoms with Gasteiger partial charge in [0.25, 0.3) is 0 Å². The number of aromatic amines is 1. The van der Waals surface area contributed by atoms with E-state index in [1.54, 1.807) is 0 Å². The molecule has 0 amide bonds. The predicted octanol–water partition coefficient (Wildman–Crippen LogP) is 6.84. The normalized spacial score (nSPS) is 11.6. The molecule has 0 atom stereocenters. The van der Waals surface area contributed by atoms with Crippen LogP contribution in [0, 0.1) is 0 Å². The summed E-state index contributed by atoms with van der Waals surface area (Å²) in [6.07, 6.45) is 0. The fourth-order valence-corrected chi connectivity index (χ4v) is 3.72. The van der Waals surface area contributed by atoms with Gasteiger partial charge in [0, 0.05) is 21.0 Å². The van der Waals surface area contributed by atoms with Crippen LogP contribution in [0.3, 0.4) is 0 Å². The van der Waals surface area contributed by atoms with E-state index in [0.717, 1.165) is 54.0 Å². The van der Waals surface area contributed by atoms with Crippen LogP contribution in [0.4, 0.5) is 0 Å². The molecule has 120 valence electrons. The van der Waals surface area contributed by atoms with Crippen molar-refractivity contribution in [3.05, 3.63) is 76.8 Å². The van der Waals surface area contributed by atoms with Gasteiger partial charge in [-0.3, -0.25) is 0 Å². The average Bonchev–Trinajstić information content (AvgIpc) is 3.05. The number of imidazole rings is 1. The molecule has 0 aliphatic rings. The van der Waals surface area contributed by atoms with Gasteiger partial charge < -0.3 is 4.98 Å². The molecule has 0 bridgehead atoms. The first-order valence-electron chi connectivity index (χ1n) is 7.96. The fourth-order valence-electron chi connectivity index (χ4n) is 3.36. The molecule has 4 heteroatoms. The van der Waals surface area contributed by atoms with Crippen LogP contribution in [0.15, 0.2) is 66.7 Å². The number of H-pyrrole nitrogens is 1. The molecule has 1 N–H and O–H groups in total. The van der Waals surface area contributed by atoms with Crippen molar-refractivity contribution in [1.82, 2.24) is 9.97 Å². The number of hydrogen-bond donors (Lipinski definition) is 1. The van der Waals surface area contributed by atoms with Crippen LogP contribution in [0.2, 0.25) is 10.0 Å². The third kappa shape index (κ3) is 2.38. The smallest absolute Gasteiger partial charge is 0.139 e. The fraction of sp³-hybridized carbons (Fsp3) is 0. The maximum absolute atomic E-state index is 6.13.